The molecule has 0 aliphatic heterocycles. The number of hydrogen-bond donors (Lipinski definition) is 2. The number of nitrogens with one attached hydrogen (secondary N) is 1. The summed E-state index contributed by atoms with van der Waals surface area (Å²) in [6.45, 7) is 5.11. The SMILES string of the molecule is CC(C)(C)c1nnsc1C(=O)NOCC(=O)O. The van der Waals surface area contributed by atoms with E-state index in [-0.39, 0.29) is 5.41 Å². The van der Waals surface area contributed by atoms with E-state index in [1.165, 1.54) is 0 Å². The molecule has 8 heteroatoms. The molecule has 0 aromatic carbocycles. The van der Waals surface area contributed by atoms with Gasteiger partial charge in [-0.15, -0.1) is 5.10 Å². The van der Waals surface area contributed by atoms with Gasteiger partial charge in [0.05, 0.1) is 5.69 Å². The van der Waals surface area contributed by atoms with Crippen LogP contribution in [0, 0.1) is 0 Å². The zero-order chi connectivity index (χ0) is 13.1. The fourth-order valence-electron chi connectivity index (χ4n) is 1.04. The molecule has 1 rings (SSSR count). The molecule has 94 valence electrons. The topological polar surface area (TPSA) is 101 Å². The van der Waals surface area contributed by atoms with Crippen LogP contribution in [0.4, 0.5) is 0 Å². The number of amides is 1. The Morgan fingerprint density at radius 3 is 2.65 bits per heavy atom. The summed E-state index contributed by atoms with van der Waals surface area (Å²) < 4.78 is 3.71. The van der Waals surface area contributed by atoms with Crippen LogP contribution < -0.4 is 5.48 Å². The zero-order valence-corrected chi connectivity index (χ0v) is 10.5. The maximum absolute atomic E-state index is 11.7. The third-order valence-electron chi connectivity index (χ3n) is 1.77. The fraction of sp³-hybridized carbons (Fsp3) is 0.556. The Labute approximate surface area is 102 Å². The number of carboxylic acids is 1. The smallest absolute Gasteiger partial charge is 0.332 e. The largest absolute Gasteiger partial charge is 0.479 e. The molecule has 0 unspecified atom stereocenters. The van der Waals surface area contributed by atoms with E-state index >= 15 is 0 Å². The first-order valence-corrected chi connectivity index (χ1v) is 5.56. The highest BCUT2D eigenvalue weighted by molar-refractivity contribution is 7.08. The van der Waals surface area contributed by atoms with E-state index in [1.807, 2.05) is 26.3 Å². The minimum atomic E-state index is -1.16. The van der Waals surface area contributed by atoms with E-state index in [0.717, 1.165) is 11.5 Å². The predicted octanol–water partition coefficient (Wildman–Crippen LogP) is 0.582. The number of rotatable bonds is 4. The van der Waals surface area contributed by atoms with Gasteiger partial charge in [-0.05, 0) is 11.5 Å². The molecule has 0 radical (unpaired) electrons. The van der Waals surface area contributed by atoms with Gasteiger partial charge < -0.3 is 5.11 Å². The Morgan fingerprint density at radius 1 is 1.47 bits per heavy atom. The first kappa shape index (κ1) is 13.5. The van der Waals surface area contributed by atoms with E-state index in [4.69, 9.17) is 5.11 Å². The Hall–Kier alpha value is -1.54. The van der Waals surface area contributed by atoms with Crippen LogP contribution in [-0.2, 0) is 15.0 Å². The van der Waals surface area contributed by atoms with Crippen molar-refractivity contribution < 1.29 is 19.5 Å². The lowest BCUT2D eigenvalue weighted by Gasteiger charge is -2.15. The van der Waals surface area contributed by atoms with Crippen molar-refractivity contribution in [3.05, 3.63) is 10.6 Å². The third-order valence-corrected chi connectivity index (χ3v) is 2.49. The van der Waals surface area contributed by atoms with Crippen molar-refractivity contribution >= 4 is 23.4 Å². The van der Waals surface area contributed by atoms with E-state index in [0.29, 0.717) is 10.6 Å². The monoisotopic (exact) mass is 259 g/mol. The van der Waals surface area contributed by atoms with Crippen LogP contribution in [0.1, 0.15) is 36.1 Å². The third kappa shape index (κ3) is 3.75. The van der Waals surface area contributed by atoms with Crippen molar-refractivity contribution in [1.82, 2.24) is 15.1 Å². The van der Waals surface area contributed by atoms with Gasteiger partial charge in [-0.2, -0.15) is 0 Å². The van der Waals surface area contributed by atoms with Crippen LogP contribution in [0.2, 0.25) is 0 Å². The van der Waals surface area contributed by atoms with E-state index in [9.17, 15) is 9.59 Å². The average molecular weight is 259 g/mol. The van der Waals surface area contributed by atoms with Crippen LogP contribution in [0.15, 0.2) is 0 Å². The fourth-order valence-corrected chi connectivity index (χ4v) is 1.80. The Balaban J connectivity index is 2.70. The normalized spacial score (nSPS) is 11.2. The highest BCUT2D eigenvalue weighted by atomic mass is 32.1. The van der Waals surface area contributed by atoms with Gasteiger partial charge in [0.25, 0.3) is 5.91 Å². The lowest BCUT2D eigenvalue weighted by molar-refractivity contribution is -0.144. The van der Waals surface area contributed by atoms with Gasteiger partial charge in [-0.3, -0.25) is 9.63 Å². The maximum Gasteiger partial charge on any atom is 0.332 e. The number of carboxylic acid groups (broad SMARTS) is 1. The maximum atomic E-state index is 11.7. The van der Waals surface area contributed by atoms with Crippen LogP contribution in [0.3, 0.4) is 0 Å². The number of aliphatic carboxylic acids is 1. The van der Waals surface area contributed by atoms with Crippen molar-refractivity contribution in [3.63, 3.8) is 0 Å². The first-order valence-electron chi connectivity index (χ1n) is 4.79. The minimum Gasteiger partial charge on any atom is -0.479 e. The number of carbonyl (C=O) groups is 2. The summed E-state index contributed by atoms with van der Waals surface area (Å²) in [4.78, 5) is 26.7. The molecule has 0 fully saturated rings. The first-order chi connectivity index (χ1) is 7.82. The standard InChI is InChI=1S/C9H13N3O4S/c1-9(2,3)7-6(17-12-10-7)8(15)11-16-4-5(13)14/h4H2,1-3H3,(H,11,15)(H,13,14). The molecule has 1 amide bonds. The number of nitrogens with zero attached hydrogens (tertiary/aromatic N) is 2. The van der Waals surface area contributed by atoms with Gasteiger partial charge in [-0.25, -0.2) is 10.3 Å². The molecule has 1 aromatic rings. The summed E-state index contributed by atoms with van der Waals surface area (Å²) in [5, 5.41) is 12.2. The summed E-state index contributed by atoms with van der Waals surface area (Å²) in [5.74, 6) is -1.70. The molecule has 17 heavy (non-hydrogen) atoms. The van der Waals surface area contributed by atoms with Crippen molar-refractivity contribution in [2.75, 3.05) is 6.61 Å². The number of hydrogen-bond acceptors (Lipinski definition) is 6. The van der Waals surface area contributed by atoms with Crippen LogP contribution in [-0.4, -0.2) is 33.2 Å². The van der Waals surface area contributed by atoms with Gasteiger partial charge in [0.2, 0.25) is 0 Å². The van der Waals surface area contributed by atoms with Gasteiger partial charge >= 0.3 is 5.97 Å². The molecular formula is C9H13N3O4S. The molecule has 0 saturated carbocycles. The van der Waals surface area contributed by atoms with E-state index in [2.05, 4.69) is 14.4 Å². The second-order valence-corrected chi connectivity index (χ2v) is 5.07. The summed E-state index contributed by atoms with van der Waals surface area (Å²) in [7, 11) is 0. The Morgan fingerprint density at radius 2 is 2.12 bits per heavy atom. The summed E-state index contributed by atoms with van der Waals surface area (Å²) in [5.41, 5.74) is 2.28. The number of aromatic nitrogens is 2. The second-order valence-electron chi connectivity index (χ2n) is 4.31. The number of hydroxylamine groups is 1. The molecular weight excluding hydrogens is 246 g/mol. The van der Waals surface area contributed by atoms with Crippen LogP contribution >= 0.6 is 11.5 Å². The summed E-state index contributed by atoms with van der Waals surface area (Å²) >= 11 is 0.943. The van der Waals surface area contributed by atoms with Crippen molar-refractivity contribution in [3.8, 4) is 0 Å². The van der Waals surface area contributed by atoms with Crippen molar-refractivity contribution in [1.29, 1.82) is 0 Å². The molecule has 2 N–H and O–H groups in total. The van der Waals surface area contributed by atoms with Crippen molar-refractivity contribution in [2.45, 2.75) is 26.2 Å². The molecule has 0 aliphatic rings. The van der Waals surface area contributed by atoms with Gasteiger partial charge in [-0.1, -0.05) is 25.3 Å². The minimum absolute atomic E-state index is 0.313. The van der Waals surface area contributed by atoms with Gasteiger partial charge in [0.15, 0.2) is 6.61 Å². The summed E-state index contributed by atoms with van der Waals surface area (Å²) in [6, 6.07) is 0. The molecule has 0 bridgehead atoms. The highest BCUT2D eigenvalue weighted by Crippen LogP contribution is 2.25. The molecule has 1 aromatic heterocycles. The summed E-state index contributed by atoms with van der Waals surface area (Å²) in [6.07, 6.45) is 0. The zero-order valence-electron chi connectivity index (χ0n) is 9.68. The lowest BCUT2D eigenvalue weighted by Crippen LogP contribution is -2.28. The van der Waals surface area contributed by atoms with Gasteiger partial charge in [0.1, 0.15) is 4.88 Å². The Bertz CT molecular complexity index is 424. The van der Waals surface area contributed by atoms with Gasteiger partial charge in [0, 0.05) is 5.41 Å². The van der Waals surface area contributed by atoms with Crippen LogP contribution in [0.5, 0.6) is 0 Å². The molecule has 0 atom stereocenters. The van der Waals surface area contributed by atoms with Crippen molar-refractivity contribution in [2.24, 2.45) is 0 Å². The molecule has 0 saturated heterocycles. The lowest BCUT2D eigenvalue weighted by atomic mass is 9.91. The molecule has 7 nitrogen and oxygen atoms in total. The second kappa shape index (κ2) is 5.19. The predicted molar refractivity (Wildman–Crippen MR) is 59.7 cm³/mol. The Kier molecular flexibility index (Phi) is 4.13. The number of carbonyl (C=O) groups excluding carboxylic acids is 1. The molecule has 0 spiro atoms. The molecule has 1 heterocycles. The van der Waals surface area contributed by atoms with E-state index < -0.39 is 18.5 Å². The van der Waals surface area contributed by atoms with Crippen LogP contribution in [0.25, 0.3) is 0 Å². The quantitative estimate of drug-likeness (QED) is 0.767. The highest BCUT2D eigenvalue weighted by Gasteiger charge is 2.26. The molecule has 0 aliphatic carbocycles. The van der Waals surface area contributed by atoms with E-state index in [1.54, 1.807) is 0 Å². The average Bonchev–Trinajstić information content (AvgIpc) is 2.64.